The highest BCUT2D eigenvalue weighted by atomic mass is 16.4. The van der Waals surface area contributed by atoms with Crippen LogP contribution in [0, 0.1) is 11.8 Å². The zero-order chi connectivity index (χ0) is 14.5. The molecule has 0 saturated carbocycles. The van der Waals surface area contributed by atoms with Crippen molar-refractivity contribution in [3.8, 4) is 0 Å². The Balaban J connectivity index is 3.20. The lowest BCUT2D eigenvalue weighted by Gasteiger charge is -2.10. The number of unbranched alkanes of at least 4 members (excludes halogenated alkanes) is 5. The molecule has 0 aliphatic carbocycles. The van der Waals surface area contributed by atoms with Crippen molar-refractivity contribution in [3.63, 3.8) is 0 Å². The molecule has 114 valence electrons. The van der Waals surface area contributed by atoms with Gasteiger partial charge in [-0.3, -0.25) is 4.79 Å². The van der Waals surface area contributed by atoms with E-state index in [2.05, 4.69) is 20.8 Å². The Morgan fingerprint density at radius 3 is 1.79 bits per heavy atom. The van der Waals surface area contributed by atoms with Crippen LogP contribution in [0.3, 0.4) is 0 Å². The van der Waals surface area contributed by atoms with Gasteiger partial charge in [0, 0.05) is 6.42 Å². The molecule has 0 aromatic rings. The molecule has 2 nitrogen and oxygen atoms in total. The fraction of sp³-hybridized carbons (Fsp3) is 0.941. The first kappa shape index (κ1) is 18.5. The average Bonchev–Trinajstić information content (AvgIpc) is 2.38. The van der Waals surface area contributed by atoms with Crippen LogP contribution in [-0.4, -0.2) is 11.1 Å². The van der Waals surface area contributed by atoms with Crippen molar-refractivity contribution in [2.24, 2.45) is 11.8 Å². The first-order chi connectivity index (χ1) is 9.06. The molecule has 0 saturated heterocycles. The molecule has 19 heavy (non-hydrogen) atoms. The minimum absolute atomic E-state index is 0.330. The second-order valence-electron chi connectivity index (χ2n) is 6.25. The van der Waals surface area contributed by atoms with Gasteiger partial charge in [-0.1, -0.05) is 78.6 Å². The third-order valence-electron chi connectivity index (χ3n) is 4.19. The maximum atomic E-state index is 10.5. The van der Waals surface area contributed by atoms with Crippen molar-refractivity contribution >= 4 is 5.97 Å². The van der Waals surface area contributed by atoms with Crippen LogP contribution in [0.1, 0.15) is 91.4 Å². The Labute approximate surface area is 120 Å². The summed E-state index contributed by atoms with van der Waals surface area (Å²) in [5.41, 5.74) is 0. The van der Waals surface area contributed by atoms with Gasteiger partial charge in [0.2, 0.25) is 0 Å². The fourth-order valence-electron chi connectivity index (χ4n) is 2.41. The van der Waals surface area contributed by atoms with E-state index in [9.17, 15) is 4.79 Å². The zero-order valence-corrected chi connectivity index (χ0v) is 13.3. The van der Waals surface area contributed by atoms with Crippen molar-refractivity contribution in [2.45, 2.75) is 91.4 Å². The molecule has 0 heterocycles. The van der Waals surface area contributed by atoms with E-state index in [0.29, 0.717) is 12.3 Å². The standard InChI is InChI=1S/C17H34O2/c1-4-15(2)11-9-7-5-6-8-10-12-16(3)13-14-17(18)19/h15-16H,4-14H2,1-3H3,(H,18,19). The number of carbonyl (C=O) groups is 1. The molecule has 2 atom stereocenters. The smallest absolute Gasteiger partial charge is 0.303 e. The van der Waals surface area contributed by atoms with Crippen LogP contribution in [0.4, 0.5) is 0 Å². The lowest BCUT2D eigenvalue weighted by Crippen LogP contribution is -2.01. The SMILES string of the molecule is CCC(C)CCCCCCCCC(C)CCC(=O)O. The molecule has 0 bridgehead atoms. The second kappa shape index (κ2) is 12.5. The number of aliphatic carboxylic acids is 1. The predicted molar refractivity (Wildman–Crippen MR) is 82.4 cm³/mol. The summed E-state index contributed by atoms with van der Waals surface area (Å²) in [5.74, 6) is 0.810. The Kier molecular flexibility index (Phi) is 12.2. The van der Waals surface area contributed by atoms with Gasteiger partial charge in [-0.2, -0.15) is 0 Å². The molecule has 1 N–H and O–H groups in total. The molecule has 0 aromatic heterocycles. The summed E-state index contributed by atoms with van der Waals surface area (Å²) in [6.45, 7) is 6.80. The van der Waals surface area contributed by atoms with E-state index in [0.717, 1.165) is 12.3 Å². The van der Waals surface area contributed by atoms with Crippen molar-refractivity contribution in [2.75, 3.05) is 0 Å². The third-order valence-corrected chi connectivity index (χ3v) is 4.19. The molecule has 2 heteroatoms. The maximum Gasteiger partial charge on any atom is 0.303 e. The van der Waals surface area contributed by atoms with Gasteiger partial charge in [0.05, 0.1) is 0 Å². The molecule has 0 aliphatic rings. The maximum absolute atomic E-state index is 10.5. The minimum Gasteiger partial charge on any atom is -0.481 e. The summed E-state index contributed by atoms with van der Waals surface area (Å²) in [5, 5.41) is 8.61. The topological polar surface area (TPSA) is 37.3 Å². The van der Waals surface area contributed by atoms with Crippen LogP contribution in [0.25, 0.3) is 0 Å². The van der Waals surface area contributed by atoms with E-state index in [4.69, 9.17) is 5.11 Å². The first-order valence-corrected chi connectivity index (χ1v) is 8.28. The average molecular weight is 270 g/mol. The number of rotatable bonds is 13. The van der Waals surface area contributed by atoms with Crippen LogP contribution in [0.15, 0.2) is 0 Å². The van der Waals surface area contributed by atoms with E-state index in [1.165, 1.54) is 57.8 Å². The molecule has 0 fully saturated rings. The number of carboxylic acid groups (broad SMARTS) is 1. The Hall–Kier alpha value is -0.530. The van der Waals surface area contributed by atoms with Crippen molar-refractivity contribution in [1.82, 2.24) is 0 Å². The number of hydrogen-bond acceptors (Lipinski definition) is 1. The molecule has 0 spiro atoms. The van der Waals surface area contributed by atoms with Gasteiger partial charge < -0.3 is 5.11 Å². The molecule has 0 aromatic carbocycles. The Bertz CT molecular complexity index is 213. The van der Waals surface area contributed by atoms with Gasteiger partial charge >= 0.3 is 5.97 Å². The van der Waals surface area contributed by atoms with Crippen molar-refractivity contribution in [3.05, 3.63) is 0 Å². The zero-order valence-electron chi connectivity index (χ0n) is 13.3. The molecular formula is C17H34O2. The van der Waals surface area contributed by atoms with Crippen LogP contribution < -0.4 is 0 Å². The highest BCUT2D eigenvalue weighted by Crippen LogP contribution is 2.17. The predicted octanol–water partition coefficient (Wildman–Crippen LogP) is 5.65. The lowest BCUT2D eigenvalue weighted by atomic mass is 9.97. The van der Waals surface area contributed by atoms with Gasteiger partial charge in [-0.05, 0) is 18.3 Å². The van der Waals surface area contributed by atoms with Gasteiger partial charge in [0.1, 0.15) is 0 Å². The summed E-state index contributed by atoms with van der Waals surface area (Å²) in [6, 6.07) is 0. The molecule has 2 unspecified atom stereocenters. The summed E-state index contributed by atoms with van der Waals surface area (Å²) in [6.07, 6.45) is 13.2. The van der Waals surface area contributed by atoms with Gasteiger partial charge in [0.25, 0.3) is 0 Å². The normalized spacial score (nSPS) is 14.3. The highest BCUT2D eigenvalue weighted by Gasteiger charge is 2.05. The molecule has 0 amide bonds. The largest absolute Gasteiger partial charge is 0.481 e. The fourth-order valence-corrected chi connectivity index (χ4v) is 2.41. The third kappa shape index (κ3) is 13.7. The molecular weight excluding hydrogens is 236 g/mol. The quantitative estimate of drug-likeness (QED) is 0.439. The van der Waals surface area contributed by atoms with E-state index in [1.807, 2.05) is 0 Å². The number of hydrogen-bond donors (Lipinski definition) is 1. The van der Waals surface area contributed by atoms with E-state index in [1.54, 1.807) is 0 Å². The number of carboxylic acids is 1. The first-order valence-electron chi connectivity index (χ1n) is 8.28. The summed E-state index contributed by atoms with van der Waals surface area (Å²) in [7, 11) is 0. The molecule has 0 rings (SSSR count). The molecule has 0 aliphatic heterocycles. The van der Waals surface area contributed by atoms with Gasteiger partial charge in [0.15, 0.2) is 0 Å². The van der Waals surface area contributed by atoms with Gasteiger partial charge in [-0.25, -0.2) is 0 Å². The van der Waals surface area contributed by atoms with E-state index < -0.39 is 5.97 Å². The van der Waals surface area contributed by atoms with Gasteiger partial charge in [-0.15, -0.1) is 0 Å². The monoisotopic (exact) mass is 270 g/mol. The molecule has 0 radical (unpaired) electrons. The van der Waals surface area contributed by atoms with E-state index in [-0.39, 0.29) is 0 Å². The van der Waals surface area contributed by atoms with E-state index >= 15 is 0 Å². The summed E-state index contributed by atoms with van der Waals surface area (Å²) >= 11 is 0. The van der Waals surface area contributed by atoms with Crippen LogP contribution in [0.2, 0.25) is 0 Å². The second-order valence-corrected chi connectivity index (χ2v) is 6.25. The highest BCUT2D eigenvalue weighted by molar-refractivity contribution is 5.66. The van der Waals surface area contributed by atoms with Crippen molar-refractivity contribution in [1.29, 1.82) is 0 Å². The Morgan fingerprint density at radius 2 is 1.32 bits per heavy atom. The van der Waals surface area contributed by atoms with Crippen LogP contribution in [-0.2, 0) is 4.79 Å². The van der Waals surface area contributed by atoms with Crippen molar-refractivity contribution < 1.29 is 9.90 Å². The summed E-state index contributed by atoms with van der Waals surface area (Å²) in [4.78, 5) is 10.5. The Morgan fingerprint density at radius 1 is 0.842 bits per heavy atom. The summed E-state index contributed by atoms with van der Waals surface area (Å²) < 4.78 is 0. The van der Waals surface area contributed by atoms with Crippen LogP contribution >= 0.6 is 0 Å². The minimum atomic E-state index is -0.659. The van der Waals surface area contributed by atoms with Crippen LogP contribution in [0.5, 0.6) is 0 Å². The lowest BCUT2D eigenvalue weighted by molar-refractivity contribution is -0.137.